The molecule has 0 aliphatic rings. The van der Waals surface area contributed by atoms with Crippen molar-refractivity contribution in [3.8, 4) is 0 Å². The normalized spacial score (nSPS) is 10.2. The number of hydrogen-bond donors (Lipinski definition) is 0. The summed E-state index contributed by atoms with van der Waals surface area (Å²) in [6.07, 6.45) is 2.39. The molecule has 4 nitrogen and oxygen atoms in total. The van der Waals surface area contributed by atoms with Crippen LogP contribution in [0.5, 0.6) is 0 Å². The highest BCUT2D eigenvalue weighted by Gasteiger charge is 2.15. The Bertz CT molecular complexity index is 523. The molecular weight excluding hydrogens is 236 g/mol. The number of esters is 1. The van der Waals surface area contributed by atoms with Crippen molar-refractivity contribution < 1.29 is 9.53 Å². The summed E-state index contributed by atoms with van der Waals surface area (Å²) in [7, 11) is 1.36. The Kier molecular flexibility index (Phi) is 3.49. The smallest absolute Gasteiger partial charge is 0.357 e. The maximum Gasteiger partial charge on any atom is 0.357 e. The van der Waals surface area contributed by atoms with Gasteiger partial charge in [-0.15, -0.1) is 11.3 Å². The second-order valence-corrected chi connectivity index (χ2v) is 4.79. The number of hydrogen-bond acceptors (Lipinski definition) is 5. The van der Waals surface area contributed by atoms with Crippen molar-refractivity contribution in [2.75, 3.05) is 7.11 Å². The number of carbonyl (C=O) groups excluding carboxylic acids is 1. The van der Waals surface area contributed by atoms with Crippen LogP contribution in [-0.4, -0.2) is 23.0 Å². The monoisotopic (exact) mass is 248 g/mol. The van der Waals surface area contributed by atoms with E-state index in [0.29, 0.717) is 12.1 Å². The fraction of sp³-hybridized carbons (Fsp3) is 0.250. The van der Waals surface area contributed by atoms with Crippen LogP contribution in [0.2, 0.25) is 0 Å². The molecule has 0 aromatic carbocycles. The first kappa shape index (κ1) is 11.7. The van der Waals surface area contributed by atoms with Gasteiger partial charge in [-0.3, -0.25) is 4.98 Å². The quantitative estimate of drug-likeness (QED) is 0.781. The van der Waals surface area contributed by atoms with Crippen LogP contribution in [0.25, 0.3) is 0 Å². The van der Waals surface area contributed by atoms with Gasteiger partial charge in [0.2, 0.25) is 0 Å². The van der Waals surface area contributed by atoms with E-state index in [-0.39, 0.29) is 5.97 Å². The number of nitrogens with zero attached hydrogens (tertiary/aromatic N) is 2. The average Bonchev–Trinajstić information content (AvgIpc) is 2.70. The van der Waals surface area contributed by atoms with Gasteiger partial charge in [-0.2, -0.15) is 0 Å². The Morgan fingerprint density at radius 2 is 2.29 bits per heavy atom. The summed E-state index contributed by atoms with van der Waals surface area (Å²) >= 11 is 1.50. The number of aryl methyl sites for hydroxylation is 1. The van der Waals surface area contributed by atoms with E-state index in [4.69, 9.17) is 0 Å². The third kappa shape index (κ3) is 2.68. The van der Waals surface area contributed by atoms with Crippen LogP contribution < -0.4 is 0 Å². The van der Waals surface area contributed by atoms with Crippen molar-refractivity contribution in [2.24, 2.45) is 0 Å². The molecule has 0 saturated heterocycles. The van der Waals surface area contributed by atoms with Crippen LogP contribution in [-0.2, 0) is 11.2 Å². The van der Waals surface area contributed by atoms with Crippen molar-refractivity contribution in [3.63, 3.8) is 0 Å². The van der Waals surface area contributed by atoms with Gasteiger partial charge in [0, 0.05) is 23.2 Å². The molecule has 0 unspecified atom stereocenters. The van der Waals surface area contributed by atoms with Gasteiger partial charge in [-0.1, -0.05) is 6.07 Å². The molecule has 0 fully saturated rings. The van der Waals surface area contributed by atoms with Crippen molar-refractivity contribution in [1.82, 2.24) is 9.97 Å². The molecule has 17 heavy (non-hydrogen) atoms. The van der Waals surface area contributed by atoms with E-state index in [9.17, 15) is 4.79 Å². The summed E-state index contributed by atoms with van der Waals surface area (Å²) in [5.41, 5.74) is 1.35. The Hall–Kier alpha value is -1.75. The first-order valence-electron chi connectivity index (χ1n) is 5.15. The van der Waals surface area contributed by atoms with Crippen LogP contribution in [0.1, 0.15) is 26.1 Å². The molecule has 0 radical (unpaired) electrons. The lowest BCUT2D eigenvalue weighted by Crippen LogP contribution is -2.03. The molecule has 0 bridgehead atoms. The first-order chi connectivity index (χ1) is 8.20. The minimum absolute atomic E-state index is 0.383. The van der Waals surface area contributed by atoms with E-state index < -0.39 is 0 Å². The van der Waals surface area contributed by atoms with Gasteiger partial charge in [-0.05, 0) is 19.1 Å². The topological polar surface area (TPSA) is 52.1 Å². The SMILES string of the molecule is COC(=O)c1nc(Cc2ccccn2)sc1C. The van der Waals surface area contributed by atoms with Gasteiger partial charge in [-0.25, -0.2) is 9.78 Å². The third-order valence-corrected chi connectivity index (χ3v) is 3.25. The molecule has 0 amide bonds. The molecule has 0 aliphatic heterocycles. The van der Waals surface area contributed by atoms with Crippen LogP contribution in [0.3, 0.4) is 0 Å². The number of aromatic nitrogens is 2. The Morgan fingerprint density at radius 1 is 1.47 bits per heavy atom. The molecule has 0 aliphatic carbocycles. The molecule has 5 heteroatoms. The van der Waals surface area contributed by atoms with E-state index in [0.717, 1.165) is 15.6 Å². The number of methoxy groups -OCH3 is 1. The predicted molar refractivity (Wildman–Crippen MR) is 65.2 cm³/mol. The third-order valence-electron chi connectivity index (χ3n) is 2.28. The minimum atomic E-state index is -0.383. The van der Waals surface area contributed by atoms with Crippen LogP contribution in [0.4, 0.5) is 0 Å². The molecule has 0 saturated carbocycles. The molecule has 0 atom stereocenters. The zero-order chi connectivity index (χ0) is 12.3. The Labute approximate surface area is 103 Å². The van der Waals surface area contributed by atoms with Crippen molar-refractivity contribution in [3.05, 3.63) is 45.7 Å². The minimum Gasteiger partial charge on any atom is -0.464 e. The van der Waals surface area contributed by atoms with Gasteiger partial charge < -0.3 is 4.74 Å². The number of rotatable bonds is 3. The zero-order valence-electron chi connectivity index (χ0n) is 9.64. The molecule has 0 spiro atoms. The van der Waals surface area contributed by atoms with Gasteiger partial charge in [0.05, 0.1) is 12.1 Å². The molecule has 0 N–H and O–H groups in total. The van der Waals surface area contributed by atoms with Crippen LogP contribution in [0, 0.1) is 6.92 Å². The summed E-state index contributed by atoms with van der Waals surface area (Å²) < 4.78 is 4.67. The highest BCUT2D eigenvalue weighted by molar-refractivity contribution is 7.11. The molecule has 2 aromatic heterocycles. The number of ether oxygens (including phenoxy) is 1. The van der Waals surface area contributed by atoms with E-state index in [2.05, 4.69) is 14.7 Å². The maximum absolute atomic E-state index is 11.4. The van der Waals surface area contributed by atoms with Crippen LogP contribution >= 0.6 is 11.3 Å². The number of pyridine rings is 1. The first-order valence-corrected chi connectivity index (χ1v) is 5.97. The molecule has 2 rings (SSSR count). The van der Waals surface area contributed by atoms with Crippen LogP contribution in [0.15, 0.2) is 24.4 Å². The predicted octanol–water partition coefficient (Wildman–Crippen LogP) is 2.22. The van der Waals surface area contributed by atoms with E-state index >= 15 is 0 Å². The standard InChI is InChI=1S/C12H12N2O2S/c1-8-11(12(15)16-2)14-10(17-8)7-9-5-3-4-6-13-9/h3-6H,7H2,1-2H3. The zero-order valence-corrected chi connectivity index (χ0v) is 10.5. The highest BCUT2D eigenvalue weighted by atomic mass is 32.1. The summed E-state index contributed by atoms with van der Waals surface area (Å²) in [5, 5.41) is 0.876. The van der Waals surface area contributed by atoms with E-state index in [1.54, 1.807) is 6.20 Å². The lowest BCUT2D eigenvalue weighted by Gasteiger charge is -1.95. The average molecular weight is 248 g/mol. The largest absolute Gasteiger partial charge is 0.464 e. The van der Waals surface area contributed by atoms with Crippen molar-refractivity contribution in [2.45, 2.75) is 13.3 Å². The molecule has 2 aromatic rings. The van der Waals surface area contributed by atoms with Gasteiger partial charge >= 0.3 is 5.97 Å². The van der Waals surface area contributed by atoms with Gasteiger partial charge in [0.15, 0.2) is 5.69 Å². The fourth-order valence-electron chi connectivity index (χ4n) is 1.47. The second-order valence-electron chi connectivity index (χ2n) is 3.50. The maximum atomic E-state index is 11.4. The highest BCUT2D eigenvalue weighted by Crippen LogP contribution is 2.20. The second kappa shape index (κ2) is 5.05. The van der Waals surface area contributed by atoms with Crippen molar-refractivity contribution >= 4 is 17.3 Å². The Morgan fingerprint density at radius 3 is 2.94 bits per heavy atom. The van der Waals surface area contributed by atoms with Gasteiger partial charge in [0.25, 0.3) is 0 Å². The summed E-state index contributed by atoms with van der Waals surface area (Å²) in [4.78, 5) is 20.8. The van der Waals surface area contributed by atoms with E-state index in [1.165, 1.54) is 18.4 Å². The summed E-state index contributed by atoms with van der Waals surface area (Å²) in [5.74, 6) is -0.383. The molecule has 88 valence electrons. The summed E-state index contributed by atoms with van der Waals surface area (Å²) in [6, 6.07) is 5.75. The lowest BCUT2D eigenvalue weighted by atomic mass is 10.3. The summed E-state index contributed by atoms with van der Waals surface area (Å²) in [6.45, 7) is 1.87. The van der Waals surface area contributed by atoms with Gasteiger partial charge in [0.1, 0.15) is 0 Å². The number of carbonyl (C=O) groups is 1. The van der Waals surface area contributed by atoms with Crippen molar-refractivity contribution in [1.29, 1.82) is 0 Å². The molecular formula is C12H12N2O2S. The fourth-order valence-corrected chi connectivity index (χ4v) is 2.41. The number of thiazole rings is 1. The molecule has 2 heterocycles. The van der Waals surface area contributed by atoms with E-state index in [1.807, 2.05) is 25.1 Å². The lowest BCUT2D eigenvalue weighted by molar-refractivity contribution is 0.0594. The Balaban J connectivity index is 2.21.